The van der Waals surface area contributed by atoms with Gasteiger partial charge in [-0.15, -0.1) is 0 Å². The number of hydrogen-bond donors (Lipinski definition) is 2. The van der Waals surface area contributed by atoms with Gasteiger partial charge in [0, 0.05) is 13.1 Å². The van der Waals surface area contributed by atoms with Gasteiger partial charge in [-0.3, -0.25) is 0 Å². The van der Waals surface area contributed by atoms with E-state index in [-0.39, 0.29) is 4.90 Å². The van der Waals surface area contributed by atoms with Crippen LogP contribution in [0.15, 0.2) is 23.1 Å². The maximum Gasteiger partial charge on any atom is 0.240 e. The SMILES string of the molecule is CCNCc1ccc(F)cc1S(=O)(=O)NCCCC(C)C. The number of sulfonamides is 1. The summed E-state index contributed by atoms with van der Waals surface area (Å²) in [6.07, 6.45) is 1.73. The van der Waals surface area contributed by atoms with Crippen LogP contribution in [0.3, 0.4) is 0 Å². The molecule has 0 saturated carbocycles. The molecule has 0 saturated heterocycles. The summed E-state index contributed by atoms with van der Waals surface area (Å²) in [5.74, 6) is -0.00853. The first-order valence-corrected chi connectivity index (χ1v) is 8.84. The highest BCUT2D eigenvalue weighted by Crippen LogP contribution is 2.17. The maximum atomic E-state index is 13.4. The number of halogens is 1. The number of nitrogens with one attached hydrogen (secondary N) is 2. The lowest BCUT2D eigenvalue weighted by molar-refractivity contribution is 0.538. The Morgan fingerprint density at radius 2 is 2.00 bits per heavy atom. The van der Waals surface area contributed by atoms with E-state index in [1.807, 2.05) is 6.92 Å². The van der Waals surface area contributed by atoms with Gasteiger partial charge in [0.25, 0.3) is 0 Å². The summed E-state index contributed by atoms with van der Waals surface area (Å²) in [6.45, 7) is 7.61. The van der Waals surface area contributed by atoms with Gasteiger partial charge in [-0.2, -0.15) is 0 Å². The summed E-state index contributed by atoms with van der Waals surface area (Å²) in [5, 5.41) is 3.06. The van der Waals surface area contributed by atoms with Crippen LogP contribution in [0.5, 0.6) is 0 Å². The molecule has 1 aromatic rings. The Bertz CT molecular complexity index is 545. The molecule has 1 rings (SSSR count). The molecule has 21 heavy (non-hydrogen) atoms. The third-order valence-corrected chi connectivity index (χ3v) is 4.68. The van der Waals surface area contributed by atoms with Crippen molar-refractivity contribution in [2.45, 2.75) is 45.1 Å². The molecule has 0 aliphatic carbocycles. The third-order valence-electron chi connectivity index (χ3n) is 3.13. The molecule has 0 bridgehead atoms. The fourth-order valence-electron chi connectivity index (χ4n) is 1.98. The molecule has 0 unspecified atom stereocenters. The first-order chi connectivity index (χ1) is 9.86. The van der Waals surface area contributed by atoms with Crippen LogP contribution in [-0.2, 0) is 16.6 Å². The first-order valence-electron chi connectivity index (χ1n) is 7.35. The number of benzene rings is 1. The molecule has 0 heterocycles. The Hall–Kier alpha value is -0.980. The maximum absolute atomic E-state index is 13.4. The van der Waals surface area contributed by atoms with Crippen LogP contribution in [0, 0.1) is 11.7 Å². The Morgan fingerprint density at radius 1 is 1.29 bits per heavy atom. The normalized spacial score (nSPS) is 12.0. The summed E-state index contributed by atoms with van der Waals surface area (Å²) < 4.78 is 40.5. The summed E-state index contributed by atoms with van der Waals surface area (Å²) in [7, 11) is -3.67. The van der Waals surface area contributed by atoms with Gasteiger partial charge in [0.15, 0.2) is 0 Å². The second kappa shape index (κ2) is 8.46. The van der Waals surface area contributed by atoms with E-state index in [9.17, 15) is 12.8 Å². The molecule has 0 aliphatic rings. The van der Waals surface area contributed by atoms with E-state index < -0.39 is 15.8 Å². The molecule has 0 amide bonds. The number of rotatable bonds is 9. The lowest BCUT2D eigenvalue weighted by atomic mass is 10.1. The lowest BCUT2D eigenvalue weighted by Crippen LogP contribution is -2.27. The molecule has 0 aromatic heterocycles. The highest BCUT2D eigenvalue weighted by molar-refractivity contribution is 7.89. The summed E-state index contributed by atoms with van der Waals surface area (Å²) in [4.78, 5) is 0.0213. The van der Waals surface area contributed by atoms with Gasteiger partial charge in [0.2, 0.25) is 10.0 Å². The van der Waals surface area contributed by atoms with Gasteiger partial charge in [0.1, 0.15) is 5.82 Å². The number of hydrogen-bond acceptors (Lipinski definition) is 3. The molecule has 120 valence electrons. The van der Waals surface area contributed by atoms with E-state index >= 15 is 0 Å². The van der Waals surface area contributed by atoms with Crippen molar-refractivity contribution in [3.05, 3.63) is 29.6 Å². The standard InChI is InChI=1S/C15H25FN2O2S/c1-4-17-11-13-7-8-14(16)10-15(13)21(19,20)18-9-5-6-12(2)3/h7-8,10,12,17-18H,4-6,9,11H2,1-3H3. The smallest absolute Gasteiger partial charge is 0.240 e. The Kier molecular flexibility index (Phi) is 7.28. The van der Waals surface area contributed by atoms with Crippen LogP contribution < -0.4 is 10.0 Å². The van der Waals surface area contributed by atoms with Gasteiger partial charge in [-0.05, 0) is 43.0 Å². The van der Waals surface area contributed by atoms with E-state index in [1.54, 1.807) is 0 Å². The van der Waals surface area contributed by atoms with Crippen molar-refractivity contribution in [3.63, 3.8) is 0 Å². The quantitative estimate of drug-likeness (QED) is 0.689. The van der Waals surface area contributed by atoms with Crippen molar-refractivity contribution in [2.24, 2.45) is 5.92 Å². The summed E-state index contributed by atoms with van der Waals surface area (Å²) >= 11 is 0. The second-order valence-electron chi connectivity index (χ2n) is 5.47. The van der Waals surface area contributed by atoms with E-state index in [2.05, 4.69) is 23.9 Å². The van der Waals surface area contributed by atoms with Crippen LogP contribution in [0.1, 0.15) is 39.2 Å². The first kappa shape index (κ1) is 18.1. The zero-order valence-electron chi connectivity index (χ0n) is 12.9. The lowest BCUT2D eigenvalue weighted by Gasteiger charge is -2.12. The molecule has 6 heteroatoms. The van der Waals surface area contributed by atoms with Gasteiger partial charge in [-0.25, -0.2) is 17.5 Å². The van der Waals surface area contributed by atoms with Gasteiger partial charge < -0.3 is 5.32 Å². The van der Waals surface area contributed by atoms with Crippen molar-refractivity contribution < 1.29 is 12.8 Å². The molecule has 0 atom stereocenters. The molecular weight excluding hydrogens is 291 g/mol. The van der Waals surface area contributed by atoms with Crippen molar-refractivity contribution in [1.29, 1.82) is 0 Å². The highest BCUT2D eigenvalue weighted by atomic mass is 32.2. The average Bonchev–Trinajstić information content (AvgIpc) is 2.42. The summed E-state index contributed by atoms with van der Waals surface area (Å²) in [5.41, 5.74) is 0.578. The fourth-order valence-corrected chi connectivity index (χ4v) is 3.30. The van der Waals surface area contributed by atoms with Crippen LogP contribution in [0.4, 0.5) is 4.39 Å². The van der Waals surface area contributed by atoms with Gasteiger partial charge >= 0.3 is 0 Å². The predicted octanol–water partition coefficient (Wildman–Crippen LogP) is 2.65. The molecule has 0 spiro atoms. The zero-order chi connectivity index (χ0) is 15.9. The largest absolute Gasteiger partial charge is 0.313 e. The van der Waals surface area contributed by atoms with Gasteiger partial charge in [-0.1, -0.05) is 26.8 Å². The van der Waals surface area contributed by atoms with E-state index in [4.69, 9.17) is 0 Å². The van der Waals surface area contributed by atoms with Crippen molar-refractivity contribution in [2.75, 3.05) is 13.1 Å². The molecule has 2 N–H and O–H groups in total. The van der Waals surface area contributed by atoms with E-state index in [1.165, 1.54) is 12.1 Å². The Balaban J connectivity index is 2.83. The predicted molar refractivity (Wildman–Crippen MR) is 83.0 cm³/mol. The topological polar surface area (TPSA) is 58.2 Å². The Labute approximate surface area is 127 Å². The minimum atomic E-state index is -3.67. The van der Waals surface area contributed by atoms with E-state index in [0.717, 1.165) is 25.5 Å². The highest BCUT2D eigenvalue weighted by Gasteiger charge is 2.18. The van der Waals surface area contributed by atoms with Crippen LogP contribution >= 0.6 is 0 Å². The van der Waals surface area contributed by atoms with Crippen LogP contribution in [0.25, 0.3) is 0 Å². The minimum absolute atomic E-state index is 0.0213. The fraction of sp³-hybridized carbons (Fsp3) is 0.600. The zero-order valence-corrected chi connectivity index (χ0v) is 13.8. The van der Waals surface area contributed by atoms with Crippen molar-refractivity contribution in [1.82, 2.24) is 10.0 Å². The van der Waals surface area contributed by atoms with Crippen LogP contribution in [0.2, 0.25) is 0 Å². The summed E-state index contributed by atoms with van der Waals surface area (Å²) in [6, 6.07) is 3.88. The average molecular weight is 316 g/mol. The monoisotopic (exact) mass is 316 g/mol. The van der Waals surface area contributed by atoms with Crippen molar-refractivity contribution in [3.8, 4) is 0 Å². The molecule has 0 fully saturated rings. The third kappa shape index (κ3) is 6.11. The molecule has 1 aromatic carbocycles. The minimum Gasteiger partial charge on any atom is -0.313 e. The van der Waals surface area contributed by atoms with Gasteiger partial charge in [0.05, 0.1) is 4.90 Å². The molecule has 0 radical (unpaired) electrons. The molecular formula is C15H25FN2O2S. The van der Waals surface area contributed by atoms with E-state index in [0.29, 0.717) is 24.6 Å². The molecule has 0 aliphatic heterocycles. The second-order valence-corrected chi connectivity index (χ2v) is 7.20. The van der Waals surface area contributed by atoms with Crippen LogP contribution in [-0.4, -0.2) is 21.5 Å². The molecule has 4 nitrogen and oxygen atoms in total. The van der Waals surface area contributed by atoms with Crippen molar-refractivity contribution >= 4 is 10.0 Å². The Morgan fingerprint density at radius 3 is 2.62 bits per heavy atom.